The predicted octanol–water partition coefficient (Wildman–Crippen LogP) is 2.48. The standard InChI is InChI=1S/C19H19FN2O3/c1-13(14-5-4-6-15(20)12-14)11-18(24)21-9-10-22-19(25)16-7-2-3-8-17(16)23/h2-8,11-12,23H,9-10H2,1H3,(H,21,24)(H,22,25)/b13-11-. The number of halogens is 1. The molecule has 25 heavy (non-hydrogen) atoms. The van der Waals surface area contributed by atoms with Crippen LogP contribution in [0.2, 0.25) is 0 Å². The van der Waals surface area contributed by atoms with Gasteiger partial charge in [0.25, 0.3) is 5.91 Å². The van der Waals surface area contributed by atoms with Gasteiger partial charge in [-0.25, -0.2) is 4.39 Å². The van der Waals surface area contributed by atoms with E-state index in [1.54, 1.807) is 31.2 Å². The van der Waals surface area contributed by atoms with Crippen LogP contribution < -0.4 is 10.6 Å². The Morgan fingerprint density at radius 1 is 1.08 bits per heavy atom. The van der Waals surface area contributed by atoms with Crippen LogP contribution in [0.25, 0.3) is 5.57 Å². The Kier molecular flexibility index (Phi) is 6.28. The van der Waals surface area contributed by atoms with Gasteiger partial charge in [0.1, 0.15) is 11.6 Å². The molecule has 2 rings (SSSR count). The molecule has 0 saturated carbocycles. The van der Waals surface area contributed by atoms with Gasteiger partial charge in [-0.3, -0.25) is 9.59 Å². The molecule has 130 valence electrons. The summed E-state index contributed by atoms with van der Waals surface area (Å²) in [5.41, 5.74) is 1.44. The second kappa shape index (κ2) is 8.63. The third-order valence-corrected chi connectivity index (χ3v) is 3.49. The number of nitrogens with one attached hydrogen (secondary N) is 2. The van der Waals surface area contributed by atoms with Crippen molar-refractivity contribution in [2.45, 2.75) is 6.92 Å². The number of hydrogen-bond donors (Lipinski definition) is 3. The summed E-state index contributed by atoms with van der Waals surface area (Å²) in [5.74, 6) is -1.22. The van der Waals surface area contributed by atoms with Crippen LogP contribution in [-0.4, -0.2) is 30.0 Å². The zero-order valence-corrected chi connectivity index (χ0v) is 13.8. The lowest BCUT2D eigenvalue weighted by molar-refractivity contribution is -0.116. The Bertz CT molecular complexity index is 803. The number of aromatic hydroxyl groups is 1. The van der Waals surface area contributed by atoms with Gasteiger partial charge in [0.15, 0.2) is 0 Å². The highest BCUT2D eigenvalue weighted by atomic mass is 19.1. The Hall–Kier alpha value is -3.15. The highest BCUT2D eigenvalue weighted by Crippen LogP contribution is 2.15. The van der Waals surface area contributed by atoms with Gasteiger partial charge in [-0.1, -0.05) is 24.3 Å². The molecule has 0 saturated heterocycles. The SMILES string of the molecule is C/C(=C/C(=O)NCCNC(=O)c1ccccc1O)c1cccc(F)c1. The fourth-order valence-electron chi connectivity index (χ4n) is 2.19. The van der Waals surface area contributed by atoms with E-state index in [0.717, 1.165) is 0 Å². The number of amides is 2. The average Bonchev–Trinajstić information content (AvgIpc) is 2.59. The van der Waals surface area contributed by atoms with Crippen LogP contribution in [0.4, 0.5) is 4.39 Å². The molecular formula is C19H19FN2O3. The number of benzene rings is 2. The lowest BCUT2D eigenvalue weighted by Gasteiger charge is -2.07. The summed E-state index contributed by atoms with van der Waals surface area (Å²) in [6.45, 7) is 2.16. The maximum Gasteiger partial charge on any atom is 0.255 e. The lowest BCUT2D eigenvalue weighted by Crippen LogP contribution is -2.34. The minimum atomic E-state index is -0.418. The third kappa shape index (κ3) is 5.46. The van der Waals surface area contributed by atoms with Crippen molar-refractivity contribution in [1.29, 1.82) is 0 Å². The van der Waals surface area contributed by atoms with Gasteiger partial charge in [0.2, 0.25) is 5.91 Å². The first-order chi connectivity index (χ1) is 12.0. The van der Waals surface area contributed by atoms with E-state index in [0.29, 0.717) is 11.1 Å². The molecule has 0 aliphatic carbocycles. The molecule has 2 aromatic rings. The summed E-state index contributed by atoms with van der Waals surface area (Å²) in [6.07, 6.45) is 1.37. The summed E-state index contributed by atoms with van der Waals surface area (Å²) in [6, 6.07) is 12.2. The summed E-state index contributed by atoms with van der Waals surface area (Å²) < 4.78 is 13.2. The van der Waals surface area contributed by atoms with Gasteiger partial charge < -0.3 is 15.7 Å². The monoisotopic (exact) mass is 342 g/mol. The second-order valence-corrected chi connectivity index (χ2v) is 5.40. The van der Waals surface area contributed by atoms with Gasteiger partial charge >= 0.3 is 0 Å². The molecular weight excluding hydrogens is 323 g/mol. The molecule has 0 aliphatic rings. The molecule has 0 radical (unpaired) electrons. The summed E-state index contributed by atoms with van der Waals surface area (Å²) in [7, 11) is 0. The Morgan fingerprint density at radius 2 is 1.80 bits per heavy atom. The normalized spacial score (nSPS) is 11.0. The van der Waals surface area contributed by atoms with Crippen molar-refractivity contribution in [3.05, 3.63) is 71.6 Å². The van der Waals surface area contributed by atoms with Crippen molar-refractivity contribution in [1.82, 2.24) is 10.6 Å². The molecule has 0 spiro atoms. The van der Waals surface area contributed by atoms with Crippen molar-refractivity contribution in [2.75, 3.05) is 13.1 Å². The zero-order chi connectivity index (χ0) is 18.2. The molecule has 0 aromatic heterocycles. The topological polar surface area (TPSA) is 78.4 Å². The minimum absolute atomic E-state index is 0.0994. The molecule has 2 aromatic carbocycles. The maximum atomic E-state index is 13.2. The van der Waals surface area contributed by atoms with Gasteiger partial charge in [-0.05, 0) is 42.3 Å². The van der Waals surface area contributed by atoms with Crippen molar-refractivity contribution >= 4 is 17.4 Å². The minimum Gasteiger partial charge on any atom is -0.507 e. The molecule has 0 aliphatic heterocycles. The number of phenols is 1. The van der Waals surface area contributed by atoms with Crippen LogP contribution in [0.1, 0.15) is 22.8 Å². The van der Waals surface area contributed by atoms with Crippen molar-refractivity contribution in [3.63, 3.8) is 0 Å². The number of hydrogen-bond acceptors (Lipinski definition) is 3. The maximum absolute atomic E-state index is 13.2. The highest BCUT2D eigenvalue weighted by molar-refractivity contribution is 5.97. The van der Waals surface area contributed by atoms with Crippen LogP contribution in [-0.2, 0) is 4.79 Å². The molecule has 2 amide bonds. The van der Waals surface area contributed by atoms with Crippen LogP contribution in [0.5, 0.6) is 5.75 Å². The Balaban J connectivity index is 1.80. The molecule has 3 N–H and O–H groups in total. The van der Waals surface area contributed by atoms with Crippen LogP contribution in [0, 0.1) is 5.82 Å². The summed E-state index contributed by atoms with van der Waals surface area (Å²) in [4.78, 5) is 23.7. The molecule has 6 heteroatoms. The highest BCUT2D eigenvalue weighted by Gasteiger charge is 2.09. The number of rotatable bonds is 6. The predicted molar refractivity (Wildman–Crippen MR) is 93.5 cm³/mol. The van der Waals surface area contributed by atoms with Gasteiger partial charge in [-0.2, -0.15) is 0 Å². The molecule has 5 nitrogen and oxygen atoms in total. The first-order valence-electron chi connectivity index (χ1n) is 7.75. The number of carbonyl (C=O) groups excluding carboxylic acids is 2. The Morgan fingerprint density at radius 3 is 2.52 bits per heavy atom. The van der Waals surface area contributed by atoms with Crippen molar-refractivity contribution in [3.8, 4) is 5.75 Å². The van der Waals surface area contributed by atoms with E-state index in [1.165, 1.54) is 30.3 Å². The van der Waals surface area contributed by atoms with Crippen LogP contribution >= 0.6 is 0 Å². The first kappa shape index (κ1) is 18.2. The van der Waals surface area contributed by atoms with E-state index < -0.39 is 5.91 Å². The fourth-order valence-corrected chi connectivity index (χ4v) is 2.19. The fraction of sp³-hybridized carbons (Fsp3) is 0.158. The molecule has 0 atom stereocenters. The molecule has 0 unspecified atom stereocenters. The van der Waals surface area contributed by atoms with Crippen molar-refractivity contribution < 1.29 is 19.1 Å². The lowest BCUT2D eigenvalue weighted by atomic mass is 10.1. The number of allylic oxidation sites excluding steroid dienone is 1. The first-order valence-corrected chi connectivity index (χ1v) is 7.75. The smallest absolute Gasteiger partial charge is 0.255 e. The second-order valence-electron chi connectivity index (χ2n) is 5.40. The van der Waals surface area contributed by atoms with Gasteiger partial charge in [0, 0.05) is 19.2 Å². The van der Waals surface area contributed by atoms with E-state index in [-0.39, 0.29) is 36.1 Å². The zero-order valence-electron chi connectivity index (χ0n) is 13.8. The van der Waals surface area contributed by atoms with Crippen LogP contribution in [0.15, 0.2) is 54.6 Å². The van der Waals surface area contributed by atoms with E-state index >= 15 is 0 Å². The average molecular weight is 342 g/mol. The molecule has 0 heterocycles. The Labute approximate surface area is 145 Å². The molecule has 0 fully saturated rings. The summed E-state index contributed by atoms with van der Waals surface area (Å²) >= 11 is 0. The number of para-hydroxylation sites is 1. The number of phenolic OH excluding ortho intramolecular Hbond substituents is 1. The van der Waals surface area contributed by atoms with E-state index in [4.69, 9.17) is 0 Å². The quantitative estimate of drug-likeness (QED) is 0.557. The van der Waals surface area contributed by atoms with Gasteiger partial charge in [0.05, 0.1) is 5.56 Å². The third-order valence-electron chi connectivity index (χ3n) is 3.49. The van der Waals surface area contributed by atoms with Crippen molar-refractivity contribution in [2.24, 2.45) is 0 Å². The summed E-state index contributed by atoms with van der Waals surface area (Å²) in [5, 5.41) is 14.8. The number of carbonyl (C=O) groups is 2. The largest absolute Gasteiger partial charge is 0.507 e. The molecule has 0 bridgehead atoms. The van der Waals surface area contributed by atoms with E-state index in [2.05, 4.69) is 10.6 Å². The van der Waals surface area contributed by atoms with Gasteiger partial charge in [-0.15, -0.1) is 0 Å². The van der Waals surface area contributed by atoms with Crippen LogP contribution in [0.3, 0.4) is 0 Å². The van der Waals surface area contributed by atoms with E-state index in [9.17, 15) is 19.1 Å². The van der Waals surface area contributed by atoms with E-state index in [1.807, 2.05) is 0 Å².